The minimum Gasteiger partial charge on any atom is -0.463 e. The van der Waals surface area contributed by atoms with Crippen LogP contribution in [0.3, 0.4) is 0 Å². The van der Waals surface area contributed by atoms with Crippen molar-refractivity contribution in [3.05, 3.63) is 0 Å². The molecule has 0 saturated heterocycles. The van der Waals surface area contributed by atoms with Gasteiger partial charge in [-0.3, -0.25) is 4.79 Å². The lowest BCUT2D eigenvalue weighted by molar-refractivity contribution is -0.147. The van der Waals surface area contributed by atoms with E-state index in [1.54, 1.807) is 0 Å². The molecule has 0 rings (SSSR count). The van der Waals surface area contributed by atoms with Crippen LogP contribution in [0, 0.1) is 0 Å². The first-order valence-corrected chi connectivity index (χ1v) is 6.46. The van der Waals surface area contributed by atoms with Gasteiger partial charge >= 0.3 is 5.97 Å². The Morgan fingerprint density at radius 3 is 2.07 bits per heavy atom. The molecule has 0 aliphatic heterocycles. The Kier molecular flexibility index (Phi) is 5.37. The fourth-order valence-corrected chi connectivity index (χ4v) is 1.77. The van der Waals surface area contributed by atoms with E-state index in [2.05, 4.69) is 0 Å². The van der Waals surface area contributed by atoms with Crippen molar-refractivity contribution >= 4 is 15.7 Å². The van der Waals surface area contributed by atoms with E-state index >= 15 is 0 Å². The van der Waals surface area contributed by atoms with E-state index in [0.717, 1.165) is 0 Å². The first kappa shape index (κ1) is 13.6. The largest absolute Gasteiger partial charge is 0.463 e. The van der Waals surface area contributed by atoms with E-state index in [9.17, 15) is 4.79 Å². The molecule has 0 spiro atoms. The smallest absolute Gasteiger partial charge is 0.307 e. The van der Waals surface area contributed by atoms with Gasteiger partial charge in [0.25, 0.3) is 0 Å². The third-order valence-corrected chi connectivity index (χ3v) is 3.39. The molecule has 0 aliphatic carbocycles. The molecule has 0 bridgehead atoms. The first-order valence-electron chi connectivity index (χ1n) is 5.07. The first-order chi connectivity index (χ1) is 6.22. The molecule has 0 N–H and O–H groups in total. The highest BCUT2D eigenvalue weighted by Gasteiger charge is 2.20. The summed E-state index contributed by atoms with van der Waals surface area (Å²) in [5.74, 6) is -0.129. The normalized spacial score (nSPS) is 15.1. The van der Waals surface area contributed by atoms with E-state index < -0.39 is 9.76 Å². The van der Waals surface area contributed by atoms with Crippen molar-refractivity contribution in [1.29, 1.82) is 0 Å². The zero-order valence-electron chi connectivity index (χ0n) is 10.1. The molecule has 0 heterocycles. The number of carbonyl (C=O) groups is 1. The lowest BCUT2D eigenvalue weighted by Crippen LogP contribution is -2.27. The SMILES string of the molecule is CC(C)OC(=O)C(C)[SiH2]OC(C)(C)C. The van der Waals surface area contributed by atoms with Crippen LogP contribution in [0.1, 0.15) is 41.5 Å². The van der Waals surface area contributed by atoms with E-state index in [0.29, 0.717) is 0 Å². The zero-order chi connectivity index (χ0) is 11.4. The third-order valence-electron chi connectivity index (χ3n) is 1.52. The van der Waals surface area contributed by atoms with Crippen LogP contribution < -0.4 is 0 Å². The summed E-state index contributed by atoms with van der Waals surface area (Å²) >= 11 is 0. The highest BCUT2D eigenvalue weighted by atomic mass is 28.2. The van der Waals surface area contributed by atoms with Crippen LogP contribution in [-0.4, -0.2) is 27.4 Å². The summed E-state index contributed by atoms with van der Waals surface area (Å²) in [5, 5.41) is 0. The Morgan fingerprint density at radius 1 is 1.21 bits per heavy atom. The van der Waals surface area contributed by atoms with Gasteiger partial charge in [0.2, 0.25) is 0 Å². The second-order valence-corrected chi connectivity index (χ2v) is 6.66. The molecule has 0 fully saturated rings. The van der Waals surface area contributed by atoms with Gasteiger partial charge in [0.15, 0.2) is 9.76 Å². The van der Waals surface area contributed by atoms with Crippen molar-refractivity contribution < 1.29 is 14.0 Å². The summed E-state index contributed by atoms with van der Waals surface area (Å²) < 4.78 is 10.7. The van der Waals surface area contributed by atoms with Gasteiger partial charge < -0.3 is 9.16 Å². The van der Waals surface area contributed by atoms with Crippen molar-refractivity contribution in [1.82, 2.24) is 0 Å². The average molecular weight is 218 g/mol. The number of carbonyl (C=O) groups excluding carboxylic acids is 1. The van der Waals surface area contributed by atoms with Crippen LogP contribution in [-0.2, 0) is 14.0 Å². The maximum atomic E-state index is 11.4. The topological polar surface area (TPSA) is 35.5 Å². The molecular formula is C10H22O3Si. The van der Waals surface area contributed by atoms with Crippen molar-refractivity contribution in [2.45, 2.75) is 58.8 Å². The van der Waals surface area contributed by atoms with Gasteiger partial charge in [-0.05, 0) is 34.6 Å². The number of esters is 1. The Labute approximate surface area is 89.1 Å². The van der Waals surface area contributed by atoms with E-state index in [1.165, 1.54) is 0 Å². The van der Waals surface area contributed by atoms with Gasteiger partial charge in [0.05, 0.1) is 11.6 Å². The lowest BCUT2D eigenvalue weighted by Gasteiger charge is -2.22. The molecule has 0 aliphatic rings. The number of rotatable bonds is 4. The zero-order valence-corrected chi connectivity index (χ0v) is 11.5. The van der Waals surface area contributed by atoms with Crippen LogP contribution >= 0.6 is 0 Å². The van der Waals surface area contributed by atoms with E-state index in [1.807, 2.05) is 41.5 Å². The molecule has 84 valence electrons. The molecule has 0 aromatic carbocycles. The second-order valence-electron chi connectivity index (χ2n) is 4.81. The fourth-order valence-electron chi connectivity index (χ4n) is 0.792. The standard InChI is InChI=1S/C10H22O3Si/c1-7(2)12-9(11)8(3)14-13-10(4,5)6/h7-8H,14H2,1-6H3. The van der Waals surface area contributed by atoms with E-state index in [-0.39, 0.29) is 23.2 Å². The summed E-state index contributed by atoms with van der Waals surface area (Å²) in [5.41, 5.74) is -0.199. The van der Waals surface area contributed by atoms with Crippen LogP contribution in [0.5, 0.6) is 0 Å². The minimum atomic E-state index is -0.833. The van der Waals surface area contributed by atoms with Crippen LogP contribution in [0.25, 0.3) is 0 Å². The predicted octanol–water partition coefficient (Wildman–Crippen LogP) is 1.65. The molecule has 0 radical (unpaired) electrons. The Hall–Kier alpha value is -0.353. The number of hydrogen-bond acceptors (Lipinski definition) is 3. The van der Waals surface area contributed by atoms with Crippen molar-refractivity contribution in [2.24, 2.45) is 0 Å². The minimum absolute atomic E-state index is 0.0337. The predicted molar refractivity (Wildman–Crippen MR) is 60.0 cm³/mol. The third kappa shape index (κ3) is 7.09. The van der Waals surface area contributed by atoms with Gasteiger partial charge in [-0.15, -0.1) is 0 Å². The van der Waals surface area contributed by atoms with Crippen molar-refractivity contribution in [3.63, 3.8) is 0 Å². The molecule has 1 unspecified atom stereocenters. The highest BCUT2D eigenvalue weighted by Crippen LogP contribution is 2.12. The summed E-state index contributed by atoms with van der Waals surface area (Å²) in [6, 6.07) is 0. The monoisotopic (exact) mass is 218 g/mol. The maximum Gasteiger partial charge on any atom is 0.307 e. The molecule has 0 amide bonds. The molecule has 0 saturated carbocycles. The van der Waals surface area contributed by atoms with E-state index in [4.69, 9.17) is 9.16 Å². The summed E-state index contributed by atoms with van der Waals surface area (Å²) in [7, 11) is -0.833. The summed E-state index contributed by atoms with van der Waals surface area (Å²) in [4.78, 5) is 11.4. The molecule has 4 heteroatoms. The lowest BCUT2D eigenvalue weighted by atomic mass is 10.2. The number of hydrogen-bond donors (Lipinski definition) is 0. The average Bonchev–Trinajstić information content (AvgIpc) is 1.97. The maximum absolute atomic E-state index is 11.4. The molecule has 0 aromatic rings. The Morgan fingerprint density at radius 2 is 1.71 bits per heavy atom. The Balaban J connectivity index is 3.85. The molecule has 0 aromatic heterocycles. The molecule has 1 atom stereocenters. The molecular weight excluding hydrogens is 196 g/mol. The van der Waals surface area contributed by atoms with Gasteiger partial charge in [-0.1, -0.05) is 6.92 Å². The molecule has 14 heavy (non-hydrogen) atoms. The van der Waals surface area contributed by atoms with Crippen molar-refractivity contribution in [2.75, 3.05) is 0 Å². The fraction of sp³-hybridized carbons (Fsp3) is 0.900. The van der Waals surface area contributed by atoms with Crippen molar-refractivity contribution in [3.8, 4) is 0 Å². The van der Waals surface area contributed by atoms with Gasteiger partial charge in [0, 0.05) is 5.60 Å². The van der Waals surface area contributed by atoms with Gasteiger partial charge in [0.1, 0.15) is 0 Å². The Bertz CT molecular complexity index is 184. The van der Waals surface area contributed by atoms with Crippen LogP contribution in [0.2, 0.25) is 5.54 Å². The summed E-state index contributed by atoms with van der Waals surface area (Å²) in [6.07, 6.45) is -0.0337. The summed E-state index contributed by atoms with van der Waals surface area (Å²) in [6.45, 7) is 11.6. The highest BCUT2D eigenvalue weighted by molar-refractivity contribution is 6.36. The van der Waals surface area contributed by atoms with Gasteiger partial charge in [-0.25, -0.2) is 0 Å². The van der Waals surface area contributed by atoms with Crippen LogP contribution in [0.4, 0.5) is 0 Å². The quantitative estimate of drug-likeness (QED) is 0.531. The second kappa shape index (κ2) is 5.51. The van der Waals surface area contributed by atoms with Gasteiger partial charge in [-0.2, -0.15) is 0 Å². The number of ether oxygens (including phenoxy) is 1. The molecule has 3 nitrogen and oxygen atoms in total. The van der Waals surface area contributed by atoms with Crippen LogP contribution in [0.15, 0.2) is 0 Å².